The fourth-order valence-electron chi connectivity index (χ4n) is 5.19. The SMILES string of the molecule is CC/C=C\C/C=C\C/C=C\C/C=C\C/C=C\CCCC(=O)OC(CO/C=C\CCCCCC/C=C\CCCCCCCC)COP(=O)([O-])OCC[N+](C)(C)C. The van der Waals surface area contributed by atoms with Crippen molar-refractivity contribution in [2.24, 2.45) is 0 Å². The Bertz CT molecular complexity index is 1150. The van der Waals surface area contributed by atoms with E-state index < -0.39 is 19.9 Å². The number of phosphoric acid groups is 1. The van der Waals surface area contributed by atoms with Gasteiger partial charge in [0.2, 0.25) is 0 Å². The van der Waals surface area contributed by atoms with E-state index in [9.17, 15) is 14.3 Å². The number of hydrogen-bond acceptors (Lipinski definition) is 7. The second-order valence-corrected chi connectivity index (χ2v) is 16.4. The highest BCUT2D eigenvalue weighted by atomic mass is 31.2. The molecular formula is C46H80NO7P. The third-order valence-electron chi connectivity index (χ3n) is 8.49. The Kier molecular flexibility index (Phi) is 36.7. The highest BCUT2D eigenvalue weighted by Gasteiger charge is 2.20. The quantitative estimate of drug-likeness (QED) is 0.0153. The molecule has 2 unspecified atom stereocenters. The Hall–Kier alpha value is -2.48. The van der Waals surface area contributed by atoms with Gasteiger partial charge in [0.15, 0.2) is 6.10 Å². The molecule has 0 aliphatic rings. The minimum absolute atomic E-state index is 0.000273. The van der Waals surface area contributed by atoms with Gasteiger partial charge < -0.3 is 27.9 Å². The number of esters is 1. The van der Waals surface area contributed by atoms with Crippen LogP contribution in [-0.2, 0) is 27.9 Å². The average molecular weight is 790 g/mol. The van der Waals surface area contributed by atoms with Crippen molar-refractivity contribution in [1.29, 1.82) is 0 Å². The molecule has 0 aromatic carbocycles. The van der Waals surface area contributed by atoms with E-state index in [0.29, 0.717) is 17.4 Å². The third kappa shape index (κ3) is 42.5. The van der Waals surface area contributed by atoms with Gasteiger partial charge in [0.1, 0.15) is 19.8 Å². The lowest BCUT2D eigenvalue weighted by atomic mass is 10.1. The molecule has 8 nitrogen and oxygen atoms in total. The van der Waals surface area contributed by atoms with E-state index >= 15 is 0 Å². The monoisotopic (exact) mass is 790 g/mol. The van der Waals surface area contributed by atoms with E-state index in [4.69, 9.17) is 18.5 Å². The van der Waals surface area contributed by atoms with Crippen molar-refractivity contribution in [3.63, 3.8) is 0 Å². The van der Waals surface area contributed by atoms with E-state index in [0.717, 1.165) is 64.2 Å². The number of hydrogen-bond donors (Lipinski definition) is 0. The summed E-state index contributed by atoms with van der Waals surface area (Å²) in [5.74, 6) is -0.419. The summed E-state index contributed by atoms with van der Waals surface area (Å²) >= 11 is 0. The van der Waals surface area contributed by atoms with Gasteiger partial charge in [0.05, 0.1) is 34.0 Å². The second-order valence-electron chi connectivity index (χ2n) is 15.0. The van der Waals surface area contributed by atoms with Crippen molar-refractivity contribution in [2.45, 2.75) is 155 Å². The maximum absolute atomic E-state index is 12.6. The lowest BCUT2D eigenvalue weighted by Gasteiger charge is -2.28. The zero-order valence-corrected chi connectivity index (χ0v) is 36.5. The van der Waals surface area contributed by atoms with E-state index in [-0.39, 0.29) is 26.2 Å². The van der Waals surface area contributed by atoms with Crippen molar-refractivity contribution < 1.29 is 37.3 Å². The predicted octanol–water partition coefficient (Wildman–Crippen LogP) is 12.2. The molecule has 0 N–H and O–H groups in total. The number of carbonyl (C=O) groups is 1. The highest BCUT2D eigenvalue weighted by molar-refractivity contribution is 7.45. The van der Waals surface area contributed by atoms with E-state index in [2.05, 4.69) is 86.8 Å². The average Bonchev–Trinajstić information content (AvgIpc) is 3.13. The van der Waals surface area contributed by atoms with Gasteiger partial charge >= 0.3 is 5.97 Å². The largest absolute Gasteiger partial charge is 0.756 e. The minimum Gasteiger partial charge on any atom is -0.756 e. The van der Waals surface area contributed by atoms with Crippen LogP contribution in [0, 0.1) is 0 Å². The van der Waals surface area contributed by atoms with Gasteiger partial charge in [-0.2, -0.15) is 0 Å². The Morgan fingerprint density at radius 3 is 1.62 bits per heavy atom. The van der Waals surface area contributed by atoms with E-state index in [1.165, 1.54) is 57.8 Å². The van der Waals surface area contributed by atoms with Crippen LogP contribution in [0.2, 0.25) is 0 Å². The Morgan fingerprint density at radius 1 is 0.600 bits per heavy atom. The summed E-state index contributed by atoms with van der Waals surface area (Å²) in [6.45, 7) is 4.51. The molecule has 0 bridgehead atoms. The number of quaternary nitrogens is 1. The molecule has 0 amide bonds. The maximum atomic E-state index is 12.6. The van der Waals surface area contributed by atoms with Crippen LogP contribution in [-0.4, -0.2) is 64.1 Å². The second kappa shape index (κ2) is 38.4. The van der Waals surface area contributed by atoms with Crippen LogP contribution in [0.5, 0.6) is 0 Å². The first kappa shape index (κ1) is 52.5. The van der Waals surface area contributed by atoms with Crippen LogP contribution in [0.1, 0.15) is 149 Å². The standard InChI is InChI=1S/C46H80NO7P/c1-6-8-10-12-14-16-18-20-22-24-25-27-29-31-33-35-37-39-46(48)54-45(44-53-55(49,50)52-42-40-47(3,4)5)43-51-41-38-36-34-32-30-28-26-23-21-19-17-15-13-11-9-7-2/h8,10,14,16,20-23,25,27,31,33,38,41,45H,6-7,9,11-13,15,17-19,24,26,28-30,32,34-37,39-40,42-44H2,1-5H3/b10-8-,16-14-,22-20-,23-21-,27-25-,33-31-,41-38-. The van der Waals surface area contributed by atoms with Gasteiger partial charge in [-0.1, -0.05) is 132 Å². The predicted molar refractivity (Wildman–Crippen MR) is 231 cm³/mol. The van der Waals surface area contributed by atoms with Crippen LogP contribution in [0.3, 0.4) is 0 Å². The molecule has 0 spiro atoms. The number of ether oxygens (including phenoxy) is 2. The lowest BCUT2D eigenvalue weighted by Crippen LogP contribution is -2.37. The van der Waals surface area contributed by atoms with E-state index in [1.807, 2.05) is 27.2 Å². The summed E-state index contributed by atoms with van der Waals surface area (Å²) in [6.07, 6.45) is 51.2. The van der Waals surface area contributed by atoms with Crippen molar-refractivity contribution >= 4 is 13.8 Å². The van der Waals surface area contributed by atoms with Crippen LogP contribution in [0.4, 0.5) is 0 Å². The van der Waals surface area contributed by atoms with Gasteiger partial charge in [-0.05, 0) is 89.5 Å². The van der Waals surface area contributed by atoms with Crippen LogP contribution in [0.25, 0.3) is 0 Å². The summed E-state index contributed by atoms with van der Waals surface area (Å²) < 4.78 is 34.2. The molecule has 55 heavy (non-hydrogen) atoms. The summed E-state index contributed by atoms with van der Waals surface area (Å²) in [7, 11) is 1.27. The zero-order chi connectivity index (χ0) is 40.6. The summed E-state index contributed by atoms with van der Waals surface area (Å²) in [6, 6.07) is 0. The molecule has 2 atom stereocenters. The summed E-state index contributed by atoms with van der Waals surface area (Å²) in [5, 5.41) is 0. The van der Waals surface area contributed by atoms with Gasteiger partial charge in [0.25, 0.3) is 7.82 Å². The number of carbonyl (C=O) groups excluding carboxylic acids is 1. The van der Waals surface area contributed by atoms with Crippen molar-refractivity contribution in [3.05, 3.63) is 85.3 Å². The number of nitrogens with zero attached hydrogens (tertiary/aromatic N) is 1. The van der Waals surface area contributed by atoms with Gasteiger partial charge in [-0.3, -0.25) is 9.36 Å². The lowest BCUT2D eigenvalue weighted by molar-refractivity contribution is -0.870. The van der Waals surface area contributed by atoms with Crippen LogP contribution >= 0.6 is 7.82 Å². The first-order valence-corrected chi connectivity index (χ1v) is 22.8. The molecule has 9 heteroatoms. The molecular weight excluding hydrogens is 709 g/mol. The molecule has 0 aromatic rings. The number of phosphoric ester groups is 1. The number of allylic oxidation sites excluding steroid dienone is 13. The number of likely N-dealkylation sites (N-methyl/N-ethyl adjacent to an activating group) is 1. The first-order valence-electron chi connectivity index (χ1n) is 21.4. The molecule has 0 fully saturated rings. The molecule has 0 aliphatic carbocycles. The Labute approximate surface area is 337 Å². The maximum Gasteiger partial charge on any atom is 0.306 e. The molecule has 0 saturated heterocycles. The zero-order valence-electron chi connectivity index (χ0n) is 35.6. The number of unbranched alkanes of at least 4 members (excludes halogenated alkanes) is 12. The van der Waals surface area contributed by atoms with Gasteiger partial charge in [0, 0.05) is 6.42 Å². The van der Waals surface area contributed by atoms with Crippen molar-refractivity contribution in [2.75, 3.05) is 47.5 Å². The number of rotatable bonds is 38. The third-order valence-corrected chi connectivity index (χ3v) is 9.46. The Balaban J connectivity index is 4.45. The molecule has 0 aliphatic heterocycles. The normalized spacial score (nSPS) is 14.6. The van der Waals surface area contributed by atoms with E-state index in [1.54, 1.807) is 6.26 Å². The fraction of sp³-hybridized carbons (Fsp3) is 0.674. The smallest absolute Gasteiger partial charge is 0.306 e. The summed E-state index contributed by atoms with van der Waals surface area (Å²) in [4.78, 5) is 25.0. The fourth-order valence-corrected chi connectivity index (χ4v) is 5.92. The van der Waals surface area contributed by atoms with Crippen molar-refractivity contribution in [3.8, 4) is 0 Å². The molecule has 316 valence electrons. The summed E-state index contributed by atoms with van der Waals surface area (Å²) in [5.41, 5.74) is 0. The minimum atomic E-state index is -4.56. The topological polar surface area (TPSA) is 94.1 Å². The molecule has 0 radical (unpaired) electrons. The molecule has 0 aromatic heterocycles. The molecule has 0 rings (SSSR count). The highest BCUT2D eigenvalue weighted by Crippen LogP contribution is 2.38. The van der Waals surface area contributed by atoms with Crippen LogP contribution in [0.15, 0.2) is 85.3 Å². The van der Waals surface area contributed by atoms with Crippen molar-refractivity contribution in [1.82, 2.24) is 0 Å². The molecule has 0 heterocycles. The van der Waals surface area contributed by atoms with Gasteiger partial charge in [-0.25, -0.2) is 0 Å². The van der Waals surface area contributed by atoms with Crippen LogP contribution < -0.4 is 4.89 Å². The van der Waals surface area contributed by atoms with Gasteiger partial charge in [-0.15, -0.1) is 0 Å². The first-order chi connectivity index (χ1) is 26.6. The molecule has 0 saturated carbocycles. The Morgan fingerprint density at radius 2 is 1.07 bits per heavy atom.